The molecule has 0 saturated heterocycles. The Morgan fingerprint density at radius 1 is 1.57 bits per heavy atom. The van der Waals surface area contributed by atoms with Crippen molar-refractivity contribution in [2.75, 3.05) is 0 Å². The second-order valence-electron chi connectivity index (χ2n) is 2.77. The van der Waals surface area contributed by atoms with Crippen molar-refractivity contribution in [3.63, 3.8) is 0 Å². The smallest absolute Gasteiger partial charge is 0.258 e. The molecule has 0 heterocycles. The van der Waals surface area contributed by atoms with Crippen LogP contribution in [-0.4, -0.2) is 4.92 Å². The van der Waals surface area contributed by atoms with Crippen molar-refractivity contribution in [2.45, 2.75) is 6.92 Å². The molecule has 0 amide bonds. The van der Waals surface area contributed by atoms with Gasteiger partial charge in [0.15, 0.2) is 0 Å². The molecule has 0 bridgehead atoms. The summed E-state index contributed by atoms with van der Waals surface area (Å²) in [6, 6.07) is 6.67. The van der Waals surface area contributed by atoms with Gasteiger partial charge >= 0.3 is 0 Å². The van der Waals surface area contributed by atoms with Crippen LogP contribution in [0.2, 0.25) is 0 Å². The molecule has 4 nitrogen and oxygen atoms in total. The van der Waals surface area contributed by atoms with Gasteiger partial charge in [0.05, 0.1) is 11.0 Å². The summed E-state index contributed by atoms with van der Waals surface area (Å²) in [5.41, 5.74) is 1.35. The minimum absolute atomic E-state index is 0.0742. The first-order valence-corrected chi connectivity index (χ1v) is 3.96. The zero-order chi connectivity index (χ0) is 10.6. The molecule has 1 rings (SSSR count). The quantitative estimate of drug-likeness (QED) is 0.406. The summed E-state index contributed by atoms with van der Waals surface area (Å²) >= 11 is 0. The number of benzene rings is 1. The van der Waals surface area contributed by atoms with E-state index < -0.39 is 4.92 Å². The van der Waals surface area contributed by atoms with Crippen LogP contribution in [0.15, 0.2) is 24.3 Å². The zero-order valence-corrected chi connectivity index (χ0v) is 7.60. The topological polar surface area (TPSA) is 66.9 Å². The minimum atomic E-state index is -0.432. The van der Waals surface area contributed by atoms with Crippen LogP contribution in [0, 0.1) is 28.4 Å². The molecule has 0 aliphatic heterocycles. The van der Waals surface area contributed by atoms with E-state index in [-0.39, 0.29) is 5.69 Å². The molecule has 0 unspecified atom stereocenters. The second-order valence-corrected chi connectivity index (χ2v) is 2.77. The molecule has 4 heteroatoms. The average Bonchev–Trinajstić information content (AvgIpc) is 2.16. The van der Waals surface area contributed by atoms with Crippen LogP contribution in [0.25, 0.3) is 6.08 Å². The highest BCUT2D eigenvalue weighted by atomic mass is 16.6. The fourth-order valence-corrected chi connectivity index (χ4v) is 1.06. The number of nitro groups is 1. The van der Waals surface area contributed by atoms with E-state index in [9.17, 15) is 10.1 Å². The maximum atomic E-state index is 10.6. The molecule has 0 N–H and O–H groups in total. The van der Waals surface area contributed by atoms with Gasteiger partial charge in [-0.15, -0.1) is 0 Å². The van der Waals surface area contributed by atoms with Crippen molar-refractivity contribution in [1.82, 2.24) is 0 Å². The molecule has 0 radical (unpaired) electrons. The number of allylic oxidation sites excluding steroid dienone is 1. The molecule has 1 aromatic carbocycles. The molecule has 14 heavy (non-hydrogen) atoms. The van der Waals surface area contributed by atoms with Crippen molar-refractivity contribution in [3.05, 3.63) is 45.5 Å². The molecule has 0 aromatic heterocycles. The predicted molar refractivity (Wildman–Crippen MR) is 52.5 cm³/mol. The Bertz CT molecular complexity index is 430. The highest BCUT2D eigenvalue weighted by Gasteiger charge is 2.09. The highest BCUT2D eigenvalue weighted by molar-refractivity contribution is 5.57. The number of hydrogen-bond acceptors (Lipinski definition) is 3. The molecule has 0 atom stereocenters. The van der Waals surface area contributed by atoms with E-state index in [4.69, 9.17) is 5.26 Å². The molecular formula is C10H8N2O2. The third-order valence-electron chi connectivity index (χ3n) is 1.78. The number of rotatable bonds is 2. The molecule has 0 aliphatic rings. The molecule has 0 aliphatic carbocycles. The summed E-state index contributed by atoms with van der Waals surface area (Å²) in [5, 5.41) is 18.9. The van der Waals surface area contributed by atoms with E-state index >= 15 is 0 Å². The Kier molecular flexibility index (Phi) is 2.97. The Morgan fingerprint density at radius 2 is 2.29 bits per heavy atom. The van der Waals surface area contributed by atoms with E-state index in [1.807, 2.05) is 6.07 Å². The molecule has 1 aromatic rings. The predicted octanol–water partition coefficient (Wildman–Crippen LogP) is 2.44. The summed E-state index contributed by atoms with van der Waals surface area (Å²) in [7, 11) is 0. The summed E-state index contributed by atoms with van der Waals surface area (Å²) in [5.74, 6) is 0. The molecule has 0 saturated carbocycles. The summed E-state index contributed by atoms with van der Waals surface area (Å²) in [4.78, 5) is 10.1. The van der Waals surface area contributed by atoms with Crippen LogP contribution >= 0.6 is 0 Å². The lowest BCUT2D eigenvalue weighted by Gasteiger charge is -1.97. The van der Waals surface area contributed by atoms with E-state index in [0.29, 0.717) is 11.1 Å². The van der Waals surface area contributed by atoms with Crippen LogP contribution in [0.1, 0.15) is 11.1 Å². The van der Waals surface area contributed by atoms with E-state index in [1.165, 1.54) is 18.2 Å². The summed E-state index contributed by atoms with van der Waals surface area (Å²) in [6.07, 6.45) is 2.82. The fraction of sp³-hybridized carbons (Fsp3) is 0.100. The monoisotopic (exact) mass is 188 g/mol. The first kappa shape index (κ1) is 9.93. The van der Waals surface area contributed by atoms with Crippen LogP contribution < -0.4 is 0 Å². The number of nitro benzene ring substituents is 1. The minimum Gasteiger partial charge on any atom is -0.258 e. The molecule has 0 spiro atoms. The van der Waals surface area contributed by atoms with Gasteiger partial charge in [0.25, 0.3) is 5.69 Å². The Labute approximate surface area is 81.2 Å². The van der Waals surface area contributed by atoms with E-state index in [2.05, 4.69) is 0 Å². The maximum absolute atomic E-state index is 10.6. The second kappa shape index (κ2) is 4.19. The Morgan fingerprint density at radius 3 is 2.86 bits per heavy atom. The third kappa shape index (κ3) is 2.17. The number of nitriles is 1. The lowest BCUT2D eigenvalue weighted by atomic mass is 10.1. The van der Waals surface area contributed by atoms with Crippen molar-refractivity contribution in [3.8, 4) is 6.07 Å². The fourth-order valence-electron chi connectivity index (χ4n) is 1.06. The van der Waals surface area contributed by atoms with Crippen LogP contribution in [0.3, 0.4) is 0 Å². The standard InChI is InChI=1S/C10H8N2O2/c1-8-4-5-9(3-2-6-11)7-10(8)12(13)14/h2-5,7H,1H3/b3-2+. The number of hydrogen-bond donors (Lipinski definition) is 0. The van der Waals surface area contributed by atoms with E-state index in [1.54, 1.807) is 19.1 Å². The van der Waals surface area contributed by atoms with Crippen LogP contribution in [0.4, 0.5) is 5.69 Å². The van der Waals surface area contributed by atoms with Gasteiger partial charge in [0.1, 0.15) is 0 Å². The number of nitrogens with zero attached hydrogens (tertiary/aromatic N) is 2. The Hall–Kier alpha value is -2.15. The zero-order valence-electron chi connectivity index (χ0n) is 7.60. The first-order valence-electron chi connectivity index (χ1n) is 3.96. The van der Waals surface area contributed by atoms with Gasteiger partial charge in [-0.05, 0) is 18.6 Å². The van der Waals surface area contributed by atoms with Gasteiger partial charge in [0.2, 0.25) is 0 Å². The average molecular weight is 188 g/mol. The van der Waals surface area contributed by atoms with Crippen molar-refractivity contribution in [2.24, 2.45) is 0 Å². The SMILES string of the molecule is Cc1ccc(/C=C/C#N)cc1[N+](=O)[O-]. The van der Waals surface area contributed by atoms with Crippen molar-refractivity contribution < 1.29 is 4.92 Å². The maximum Gasteiger partial charge on any atom is 0.272 e. The Balaban J connectivity index is 3.14. The normalized spacial score (nSPS) is 10.0. The first-order chi connectivity index (χ1) is 6.65. The van der Waals surface area contributed by atoms with Gasteiger partial charge in [0, 0.05) is 17.7 Å². The third-order valence-corrected chi connectivity index (χ3v) is 1.78. The number of aryl methyl sites for hydroxylation is 1. The summed E-state index contributed by atoms with van der Waals surface area (Å²) in [6.45, 7) is 1.68. The lowest BCUT2D eigenvalue weighted by Crippen LogP contribution is -1.91. The summed E-state index contributed by atoms with van der Waals surface area (Å²) < 4.78 is 0. The lowest BCUT2D eigenvalue weighted by molar-refractivity contribution is -0.385. The van der Waals surface area contributed by atoms with Crippen molar-refractivity contribution >= 4 is 11.8 Å². The van der Waals surface area contributed by atoms with Crippen LogP contribution in [-0.2, 0) is 0 Å². The van der Waals surface area contributed by atoms with Gasteiger partial charge in [-0.1, -0.05) is 12.1 Å². The van der Waals surface area contributed by atoms with Crippen molar-refractivity contribution in [1.29, 1.82) is 5.26 Å². The van der Waals surface area contributed by atoms with Gasteiger partial charge in [-0.3, -0.25) is 10.1 Å². The molecule has 70 valence electrons. The van der Waals surface area contributed by atoms with Gasteiger partial charge in [-0.25, -0.2) is 0 Å². The van der Waals surface area contributed by atoms with Crippen LogP contribution in [0.5, 0.6) is 0 Å². The molecular weight excluding hydrogens is 180 g/mol. The van der Waals surface area contributed by atoms with Gasteiger partial charge < -0.3 is 0 Å². The van der Waals surface area contributed by atoms with Gasteiger partial charge in [-0.2, -0.15) is 5.26 Å². The van der Waals surface area contributed by atoms with E-state index in [0.717, 1.165) is 0 Å². The largest absolute Gasteiger partial charge is 0.272 e. The highest BCUT2D eigenvalue weighted by Crippen LogP contribution is 2.19. The molecule has 0 fully saturated rings.